The van der Waals surface area contributed by atoms with E-state index in [0.29, 0.717) is 18.2 Å². The summed E-state index contributed by atoms with van der Waals surface area (Å²) in [5.41, 5.74) is 0. The summed E-state index contributed by atoms with van der Waals surface area (Å²) in [4.78, 5) is 3.87. The van der Waals surface area contributed by atoms with E-state index in [0.717, 1.165) is 13.1 Å². The smallest absolute Gasteiger partial charge is 0.166 e. The van der Waals surface area contributed by atoms with Crippen LogP contribution in [0.5, 0.6) is 0 Å². The van der Waals surface area contributed by atoms with Crippen molar-refractivity contribution in [2.45, 2.75) is 6.10 Å². The predicted molar refractivity (Wildman–Crippen MR) is 60.3 cm³/mol. The largest absolute Gasteiger partial charge is 0.374 e. The number of anilines is 1. The van der Waals surface area contributed by atoms with E-state index >= 15 is 0 Å². The minimum Gasteiger partial charge on any atom is -0.374 e. The number of hydrogen-bond donors (Lipinski definition) is 2. The Kier molecular flexibility index (Phi) is 3.93. The van der Waals surface area contributed by atoms with Gasteiger partial charge in [0.2, 0.25) is 0 Å². The molecule has 1 atom stereocenters. The van der Waals surface area contributed by atoms with Gasteiger partial charge in [-0.05, 0) is 6.07 Å². The van der Waals surface area contributed by atoms with Crippen molar-refractivity contribution in [1.82, 2.24) is 10.3 Å². The maximum absolute atomic E-state index is 13.3. The van der Waals surface area contributed by atoms with Gasteiger partial charge in [0.15, 0.2) is 11.6 Å². The molecule has 1 aliphatic rings. The highest BCUT2D eigenvalue weighted by molar-refractivity contribution is 6.30. The molecule has 0 radical (unpaired) electrons. The van der Waals surface area contributed by atoms with Gasteiger partial charge in [0.25, 0.3) is 0 Å². The van der Waals surface area contributed by atoms with Crippen LogP contribution in [0.2, 0.25) is 5.02 Å². The van der Waals surface area contributed by atoms with Gasteiger partial charge < -0.3 is 15.4 Å². The molecule has 1 saturated heterocycles. The Morgan fingerprint density at radius 1 is 1.69 bits per heavy atom. The molecule has 0 aliphatic carbocycles. The Hall–Kier alpha value is -0.910. The van der Waals surface area contributed by atoms with E-state index in [9.17, 15) is 4.39 Å². The summed E-state index contributed by atoms with van der Waals surface area (Å²) in [5, 5.41) is 6.39. The van der Waals surface area contributed by atoms with E-state index < -0.39 is 5.82 Å². The van der Waals surface area contributed by atoms with Gasteiger partial charge in [-0.2, -0.15) is 0 Å². The van der Waals surface area contributed by atoms with Crippen LogP contribution in [0.15, 0.2) is 12.3 Å². The second kappa shape index (κ2) is 5.43. The van der Waals surface area contributed by atoms with Crippen LogP contribution in [0.25, 0.3) is 0 Å². The van der Waals surface area contributed by atoms with Crippen LogP contribution in [-0.2, 0) is 4.74 Å². The first-order chi connectivity index (χ1) is 7.75. The Balaban J connectivity index is 1.88. The van der Waals surface area contributed by atoms with E-state index in [1.54, 1.807) is 0 Å². The van der Waals surface area contributed by atoms with Crippen molar-refractivity contribution in [1.29, 1.82) is 0 Å². The third kappa shape index (κ3) is 3.04. The third-order valence-electron chi connectivity index (χ3n) is 2.31. The second-order valence-electron chi connectivity index (χ2n) is 3.56. The molecule has 4 nitrogen and oxygen atoms in total. The fourth-order valence-electron chi connectivity index (χ4n) is 1.51. The first-order valence-corrected chi connectivity index (χ1v) is 5.51. The van der Waals surface area contributed by atoms with Crippen molar-refractivity contribution >= 4 is 17.4 Å². The first kappa shape index (κ1) is 11.6. The molecule has 0 spiro atoms. The maximum Gasteiger partial charge on any atom is 0.166 e. The van der Waals surface area contributed by atoms with Crippen molar-refractivity contribution in [3.8, 4) is 0 Å². The molecule has 0 bridgehead atoms. The highest BCUT2D eigenvalue weighted by Gasteiger charge is 2.14. The van der Waals surface area contributed by atoms with E-state index in [2.05, 4.69) is 15.6 Å². The molecule has 0 saturated carbocycles. The van der Waals surface area contributed by atoms with Crippen molar-refractivity contribution in [2.75, 3.05) is 31.6 Å². The highest BCUT2D eigenvalue weighted by Crippen LogP contribution is 2.15. The molecule has 1 aliphatic heterocycles. The number of rotatable bonds is 3. The molecular weight excluding hydrogens is 233 g/mol. The lowest BCUT2D eigenvalue weighted by Gasteiger charge is -2.23. The van der Waals surface area contributed by atoms with E-state index in [4.69, 9.17) is 16.3 Å². The molecule has 1 unspecified atom stereocenters. The molecule has 1 aromatic heterocycles. The summed E-state index contributed by atoms with van der Waals surface area (Å²) in [6.45, 7) is 2.84. The normalized spacial score (nSPS) is 20.8. The molecule has 0 amide bonds. The van der Waals surface area contributed by atoms with Crippen molar-refractivity contribution in [2.24, 2.45) is 0 Å². The lowest BCUT2D eigenvalue weighted by atomic mass is 10.3. The highest BCUT2D eigenvalue weighted by atomic mass is 35.5. The number of morpholine rings is 1. The fourth-order valence-corrected chi connectivity index (χ4v) is 1.65. The summed E-state index contributed by atoms with van der Waals surface area (Å²) >= 11 is 5.60. The minimum atomic E-state index is -0.448. The Morgan fingerprint density at radius 3 is 3.25 bits per heavy atom. The molecular formula is C10H13ClFN3O. The lowest BCUT2D eigenvalue weighted by molar-refractivity contribution is 0.0371. The quantitative estimate of drug-likeness (QED) is 0.842. The predicted octanol–water partition coefficient (Wildman–Crippen LogP) is 1.27. The van der Waals surface area contributed by atoms with Gasteiger partial charge in [-0.15, -0.1) is 0 Å². The van der Waals surface area contributed by atoms with Crippen molar-refractivity contribution in [3.63, 3.8) is 0 Å². The standard InChI is InChI=1S/C10H13ClFN3O/c11-7-3-9(12)10(14-4-7)15-6-8-5-13-1-2-16-8/h3-4,8,13H,1-2,5-6H2,(H,14,15). The number of aromatic nitrogens is 1. The average molecular weight is 246 g/mol. The fraction of sp³-hybridized carbons (Fsp3) is 0.500. The third-order valence-corrected chi connectivity index (χ3v) is 2.52. The van der Waals surface area contributed by atoms with E-state index in [1.165, 1.54) is 12.3 Å². The van der Waals surface area contributed by atoms with Crippen LogP contribution in [0.4, 0.5) is 10.2 Å². The molecule has 1 fully saturated rings. The number of hydrogen-bond acceptors (Lipinski definition) is 4. The summed E-state index contributed by atoms with van der Waals surface area (Å²) in [5.74, 6) is -0.241. The van der Waals surface area contributed by atoms with E-state index in [1.807, 2.05) is 0 Å². The summed E-state index contributed by atoms with van der Waals surface area (Å²) in [6, 6.07) is 1.23. The van der Waals surface area contributed by atoms with Crippen LogP contribution in [0.3, 0.4) is 0 Å². The average Bonchev–Trinajstić information content (AvgIpc) is 2.29. The van der Waals surface area contributed by atoms with Crippen LogP contribution in [-0.4, -0.2) is 37.3 Å². The van der Waals surface area contributed by atoms with Crippen LogP contribution in [0.1, 0.15) is 0 Å². The topological polar surface area (TPSA) is 46.2 Å². The van der Waals surface area contributed by atoms with Gasteiger partial charge in [-0.25, -0.2) is 9.37 Å². The van der Waals surface area contributed by atoms with Gasteiger partial charge in [-0.1, -0.05) is 11.6 Å². The molecule has 16 heavy (non-hydrogen) atoms. The van der Waals surface area contributed by atoms with Crippen LogP contribution >= 0.6 is 11.6 Å². The zero-order valence-electron chi connectivity index (χ0n) is 8.67. The first-order valence-electron chi connectivity index (χ1n) is 5.13. The van der Waals surface area contributed by atoms with Crippen LogP contribution in [0, 0.1) is 5.82 Å². The van der Waals surface area contributed by atoms with Gasteiger partial charge in [0, 0.05) is 25.8 Å². The molecule has 0 aromatic carbocycles. The minimum absolute atomic E-state index is 0.0469. The maximum atomic E-state index is 13.3. The Bertz CT molecular complexity index is 358. The zero-order valence-corrected chi connectivity index (χ0v) is 9.43. The Labute approximate surface area is 98.2 Å². The lowest BCUT2D eigenvalue weighted by Crippen LogP contribution is -2.42. The number of ether oxygens (including phenoxy) is 1. The SMILES string of the molecule is Fc1cc(Cl)cnc1NCC1CNCCO1. The molecule has 2 heterocycles. The van der Waals surface area contributed by atoms with Crippen molar-refractivity contribution in [3.05, 3.63) is 23.1 Å². The number of nitrogens with one attached hydrogen (secondary N) is 2. The molecule has 1 aromatic rings. The monoisotopic (exact) mass is 245 g/mol. The number of halogens is 2. The van der Waals surface area contributed by atoms with Gasteiger partial charge in [0.05, 0.1) is 17.7 Å². The summed E-state index contributed by atoms with van der Waals surface area (Å²) < 4.78 is 18.8. The van der Waals surface area contributed by atoms with Gasteiger partial charge in [0.1, 0.15) is 0 Å². The molecule has 2 N–H and O–H groups in total. The molecule has 88 valence electrons. The zero-order chi connectivity index (χ0) is 11.4. The summed E-state index contributed by atoms with van der Waals surface area (Å²) in [7, 11) is 0. The van der Waals surface area contributed by atoms with Crippen LogP contribution < -0.4 is 10.6 Å². The molecule has 2 rings (SSSR count). The molecule has 6 heteroatoms. The van der Waals surface area contributed by atoms with E-state index in [-0.39, 0.29) is 11.9 Å². The second-order valence-corrected chi connectivity index (χ2v) is 4.00. The van der Waals surface area contributed by atoms with Gasteiger partial charge in [-0.3, -0.25) is 0 Å². The Morgan fingerprint density at radius 2 is 2.56 bits per heavy atom. The summed E-state index contributed by atoms with van der Waals surface area (Å²) in [6.07, 6.45) is 1.46. The van der Waals surface area contributed by atoms with Gasteiger partial charge >= 0.3 is 0 Å². The number of nitrogens with zero attached hydrogens (tertiary/aromatic N) is 1. The van der Waals surface area contributed by atoms with Crippen molar-refractivity contribution < 1.29 is 9.13 Å². The number of pyridine rings is 1.